The Morgan fingerprint density at radius 1 is 1.25 bits per heavy atom. The average Bonchev–Trinajstić information content (AvgIpc) is 2.69. The molecule has 0 saturated carbocycles. The van der Waals surface area contributed by atoms with Crippen molar-refractivity contribution < 1.29 is 14.3 Å². The maximum Gasteiger partial charge on any atom is 0.330 e. The molecule has 0 aliphatic rings. The Morgan fingerprint density at radius 3 is 2.61 bits per heavy atom. The summed E-state index contributed by atoms with van der Waals surface area (Å²) in [5.41, 5.74) is 5.02. The van der Waals surface area contributed by atoms with Gasteiger partial charge in [0.1, 0.15) is 11.6 Å². The summed E-state index contributed by atoms with van der Waals surface area (Å²) in [6.45, 7) is 2.57. The van der Waals surface area contributed by atoms with Crippen LogP contribution in [0.3, 0.4) is 0 Å². The lowest BCUT2D eigenvalue weighted by atomic mass is 10.1. The minimum Gasteiger partial charge on any atom is -0.496 e. The van der Waals surface area contributed by atoms with Gasteiger partial charge in [-0.3, -0.25) is 24.0 Å². The van der Waals surface area contributed by atoms with E-state index in [1.54, 1.807) is 24.3 Å². The van der Waals surface area contributed by atoms with Crippen LogP contribution >= 0.6 is 0 Å². The minimum atomic E-state index is -0.727. The number of carbonyl (C=O) groups is 1. The molecule has 2 rings (SSSR count). The van der Waals surface area contributed by atoms with E-state index in [0.717, 1.165) is 6.42 Å². The van der Waals surface area contributed by atoms with Crippen LogP contribution in [0.15, 0.2) is 33.9 Å². The molecule has 2 aromatic rings. The SMILES string of the molecule is CCCCn1c(N)c(N(CCOC)C(=O)c2ccccc2OC)c(=O)[nH]c1=O. The number of anilines is 2. The molecular formula is C19H26N4O5. The van der Waals surface area contributed by atoms with Crippen LogP contribution in [0.2, 0.25) is 0 Å². The zero-order chi connectivity index (χ0) is 20.7. The molecule has 0 unspecified atom stereocenters. The van der Waals surface area contributed by atoms with Gasteiger partial charge in [-0.1, -0.05) is 25.5 Å². The van der Waals surface area contributed by atoms with Gasteiger partial charge < -0.3 is 15.2 Å². The monoisotopic (exact) mass is 390 g/mol. The summed E-state index contributed by atoms with van der Waals surface area (Å²) < 4.78 is 11.6. The number of benzene rings is 1. The summed E-state index contributed by atoms with van der Waals surface area (Å²) in [4.78, 5) is 41.5. The number of para-hydroxylation sites is 1. The maximum atomic E-state index is 13.2. The van der Waals surface area contributed by atoms with Crippen molar-refractivity contribution in [3.63, 3.8) is 0 Å². The molecule has 0 atom stereocenters. The highest BCUT2D eigenvalue weighted by Gasteiger charge is 2.26. The van der Waals surface area contributed by atoms with Crippen LogP contribution in [0.1, 0.15) is 30.1 Å². The van der Waals surface area contributed by atoms with E-state index >= 15 is 0 Å². The van der Waals surface area contributed by atoms with Crippen molar-refractivity contribution in [3.05, 3.63) is 50.7 Å². The first kappa shape index (κ1) is 21.2. The second kappa shape index (κ2) is 9.75. The van der Waals surface area contributed by atoms with Gasteiger partial charge >= 0.3 is 5.69 Å². The molecule has 3 N–H and O–H groups in total. The van der Waals surface area contributed by atoms with E-state index in [1.165, 1.54) is 23.7 Å². The zero-order valence-corrected chi connectivity index (χ0v) is 16.4. The lowest BCUT2D eigenvalue weighted by Crippen LogP contribution is -2.42. The highest BCUT2D eigenvalue weighted by atomic mass is 16.5. The van der Waals surface area contributed by atoms with E-state index in [1.807, 2.05) is 6.92 Å². The summed E-state index contributed by atoms with van der Waals surface area (Å²) in [6, 6.07) is 6.68. The summed E-state index contributed by atoms with van der Waals surface area (Å²) >= 11 is 0. The summed E-state index contributed by atoms with van der Waals surface area (Å²) in [5, 5.41) is 0. The second-order valence-corrected chi connectivity index (χ2v) is 6.15. The standard InChI is InChI=1S/C19H26N4O5/c1-4-5-10-23-16(20)15(17(24)21-19(23)26)22(11-12-27-2)18(25)13-8-6-7-9-14(13)28-3/h6-9H,4-5,10-12,20H2,1-3H3,(H,21,24,26). The number of H-pyrrole nitrogens is 1. The molecule has 0 aliphatic heterocycles. The van der Waals surface area contributed by atoms with E-state index in [2.05, 4.69) is 4.98 Å². The van der Waals surface area contributed by atoms with Crippen LogP contribution in [0.5, 0.6) is 5.75 Å². The molecule has 0 aliphatic carbocycles. The second-order valence-electron chi connectivity index (χ2n) is 6.15. The lowest BCUT2D eigenvalue weighted by Gasteiger charge is -2.25. The van der Waals surface area contributed by atoms with Crippen molar-refractivity contribution in [1.82, 2.24) is 9.55 Å². The number of rotatable bonds is 9. The van der Waals surface area contributed by atoms with Crippen molar-refractivity contribution >= 4 is 17.4 Å². The number of aromatic nitrogens is 2. The van der Waals surface area contributed by atoms with Crippen LogP contribution in [-0.4, -0.2) is 42.8 Å². The molecule has 0 spiro atoms. The van der Waals surface area contributed by atoms with E-state index in [9.17, 15) is 14.4 Å². The fourth-order valence-corrected chi connectivity index (χ4v) is 2.84. The quantitative estimate of drug-likeness (QED) is 0.664. The molecule has 9 nitrogen and oxygen atoms in total. The summed E-state index contributed by atoms with van der Waals surface area (Å²) in [6.07, 6.45) is 1.54. The third kappa shape index (κ3) is 4.42. The highest BCUT2D eigenvalue weighted by molar-refractivity contribution is 6.08. The molecule has 9 heteroatoms. The number of nitrogens with zero attached hydrogens (tertiary/aromatic N) is 2. The third-order valence-electron chi connectivity index (χ3n) is 4.32. The molecule has 0 radical (unpaired) electrons. The molecule has 0 bridgehead atoms. The zero-order valence-electron chi connectivity index (χ0n) is 16.4. The number of hydrogen-bond acceptors (Lipinski definition) is 6. The van der Waals surface area contributed by atoms with Gasteiger partial charge in [-0.25, -0.2) is 4.79 Å². The Balaban J connectivity index is 2.61. The Bertz CT molecular complexity index is 935. The van der Waals surface area contributed by atoms with Crippen LogP contribution in [-0.2, 0) is 11.3 Å². The van der Waals surface area contributed by atoms with Gasteiger partial charge in [-0.05, 0) is 18.6 Å². The van der Waals surface area contributed by atoms with E-state index in [0.29, 0.717) is 18.7 Å². The minimum absolute atomic E-state index is 0.0541. The van der Waals surface area contributed by atoms with E-state index < -0.39 is 17.2 Å². The largest absolute Gasteiger partial charge is 0.496 e. The topological polar surface area (TPSA) is 120 Å². The maximum absolute atomic E-state index is 13.2. The van der Waals surface area contributed by atoms with Gasteiger partial charge in [0.2, 0.25) is 0 Å². The van der Waals surface area contributed by atoms with Gasteiger partial charge in [0, 0.05) is 20.2 Å². The molecule has 28 heavy (non-hydrogen) atoms. The van der Waals surface area contributed by atoms with Gasteiger partial charge in [0.25, 0.3) is 11.5 Å². The van der Waals surface area contributed by atoms with Crippen molar-refractivity contribution in [3.8, 4) is 5.75 Å². The Hall–Kier alpha value is -3.07. The first-order chi connectivity index (χ1) is 13.5. The normalized spacial score (nSPS) is 10.7. The lowest BCUT2D eigenvalue weighted by molar-refractivity contribution is 0.0972. The summed E-state index contributed by atoms with van der Waals surface area (Å²) in [5.74, 6) is -0.168. The number of aromatic amines is 1. The number of nitrogens with two attached hydrogens (primary N) is 1. The fourth-order valence-electron chi connectivity index (χ4n) is 2.84. The van der Waals surface area contributed by atoms with Crippen LogP contribution < -0.4 is 26.6 Å². The number of nitrogen functional groups attached to an aromatic ring is 1. The molecule has 1 aromatic carbocycles. The highest BCUT2D eigenvalue weighted by Crippen LogP contribution is 2.24. The number of hydrogen-bond donors (Lipinski definition) is 2. The first-order valence-electron chi connectivity index (χ1n) is 9.02. The number of amides is 1. The first-order valence-corrected chi connectivity index (χ1v) is 9.02. The van der Waals surface area contributed by atoms with Crippen molar-refractivity contribution in [1.29, 1.82) is 0 Å². The molecular weight excluding hydrogens is 364 g/mol. The van der Waals surface area contributed by atoms with Crippen LogP contribution in [0.4, 0.5) is 11.5 Å². The number of unbranched alkanes of at least 4 members (excludes halogenated alkanes) is 1. The molecule has 0 saturated heterocycles. The molecule has 1 heterocycles. The Morgan fingerprint density at radius 2 is 1.96 bits per heavy atom. The van der Waals surface area contributed by atoms with Crippen molar-refractivity contribution in [2.24, 2.45) is 0 Å². The number of methoxy groups -OCH3 is 2. The molecule has 1 aromatic heterocycles. The number of nitrogens with one attached hydrogen (secondary N) is 1. The predicted octanol–water partition coefficient (Wildman–Crippen LogP) is 1.22. The Labute approximate surface area is 162 Å². The molecule has 152 valence electrons. The predicted molar refractivity (Wildman–Crippen MR) is 107 cm³/mol. The van der Waals surface area contributed by atoms with Crippen molar-refractivity contribution in [2.75, 3.05) is 38.0 Å². The smallest absolute Gasteiger partial charge is 0.330 e. The van der Waals surface area contributed by atoms with Crippen LogP contribution in [0, 0.1) is 0 Å². The van der Waals surface area contributed by atoms with Crippen LogP contribution in [0.25, 0.3) is 0 Å². The molecule has 1 amide bonds. The fraction of sp³-hybridized carbons (Fsp3) is 0.421. The third-order valence-corrected chi connectivity index (χ3v) is 4.32. The van der Waals surface area contributed by atoms with Gasteiger partial charge in [0.15, 0.2) is 5.69 Å². The average molecular weight is 390 g/mol. The van der Waals surface area contributed by atoms with E-state index in [-0.39, 0.29) is 30.2 Å². The Kier molecular flexibility index (Phi) is 7.39. The summed E-state index contributed by atoms with van der Waals surface area (Å²) in [7, 11) is 2.94. The molecule has 0 fully saturated rings. The van der Waals surface area contributed by atoms with Gasteiger partial charge in [-0.2, -0.15) is 0 Å². The van der Waals surface area contributed by atoms with E-state index in [4.69, 9.17) is 15.2 Å². The van der Waals surface area contributed by atoms with Gasteiger partial charge in [-0.15, -0.1) is 0 Å². The number of carbonyl (C=O) groups excluding carboxylic acids is 1. The number of ether oxygens (including phenoxy) is 2. The van der Waals surface area contributed by atoms with Crippen molar-refractivity contribution in [2.45, 2.75) is 26.3 Å². The van der Waals surface area contributed by atoms with Gasteiger partial charge in [0.05, 0.1) is 19.3 Å².